The zero-order valence-corrected chi connectivity index (χ0v) is 42.8. The van der Waals surface area contributed by atoms with Gasteiger partial charge in [-0.1, -0.05) is 141 Å². The number of rotatable bonds is 11. The first-order valence-corrected chi connectivity index (χ1v) is 26.7. The van der Waals surface area contributed by atoms with E-state index in [-0.39, 0.29) is 79.7 Å². The number of nitrogens with one attached hydrogen (secondary N) is 1. The first-order valence-electron chi connectivity index (χ1n) is 26.7. The van der Waals surface area contributed by atoms with Gasteiger partial charge in [0.05, 0.1) is 33.0 Å². The highest BCUT2D eigenvalue weighted by Gasteiger charge is 2.44. The number of aliphatic hydroxyl groups is 3. The summed E-state index contributed by atoms with van der Waals surface area (Å²) in [7, 11) is 1.55. The van der Waals surface area contributed by atoms with Crippen molar-refractivity contribution in [1.82, 2.24) is 10.3 Å². The highest BCUT2D eigenvalue weighted by atomic mass is 16.5. The predicted molar refractivity (Wildman–Crippen MR) is 290 cm³/mol. The maximum absolute atomic E-state index is 12.2. The Bertz CT molecular complexity index is 2930. The Morgan fingerprint density at radius 1 is 0.919 bits per heavy atom. The summed E-state index contributed by atoms with van der Waals surface area (Å²) in [6.07, 6.45) is 10.3. The number of hydrogen-bond acceptors (Lipinski definition) is 10. The van der Waals surface area contributed by atoms with Gasteiger partial charge in [-0.25, -0.2) is 0 Å². The number of phenols is 1. The lowest BCUT2D eigenvalue weighted by Gasteiger charge is -2.56. The molecular weight excluding hydrogens is 931 g/mol. The van der Waals surface area contributed by atoms with Crippen LogP contribution in [0.4, 0.5) is 5.82 Å². The summed E-state index contributed by atoms with van der Waals surface area (Å²) in [5, 5.41) is 47.4. The van der Waals surface area contributed by atoms with Crippen LogP contribution in [0.3, 0.4) is 0 Å². The average molecular weight is 1000 g/mol. The zero-order chi connectivity index (χ0) is 51.2. The van der Waals surface area contributed by atoms with E-state index in [0.29, 0.717) is 41.9 Å². The van der Waals surface area contributed by atoms with E-state index >= 15 is 0 Å². The van der Waals surface area contributed by atoms with Crippen LogP contribution in [0.15, 0.2) is 109 Å². The SMILES string of the molecule is CCc1cc2c([n-]1)N1CCNC[C@@H]1C1(CCCCC1)c1ccc(c(CO)c1)C[C@@H](CO)COc1c(c3c(c(OCC[C@@H](O)/C=C/c4ccccc4)c1OC)C(=[OH+])CC(c1ccc(O)cc1)O3)CCc1cccc-2c1. The number of ether oxygens (including phenoxy) is 4. The van der Waals surface area contributed by atoms with E-state index in [0.717, 1.165) is 102 Å². The fraction of sp³-hybridized carbons (Fsp3) is 0.403. The van der Waals surface area contributed by atoms with Gasteiger partial charge in [0.1, 0.15) is 24.0 Å². The third kappa shape index (κ3) is 10.6. The Labute approximate surface area is 435 Å². The van der Waals surface area contributed by atoms with Crippen molar-refractivity contribution in [2.24, 2.45) is 5.92 Å². The van der Waals surface area contributed by atoms with E-state index in [2.05, 4.69) is 65.7 Å². The molecule has 5 aromatic carbocycles. The molecule has 6 aromatic rings. The van der Waals surface area contributed by atoms with Gasteiger partial charge in [0.2, 0.25) is 5.75 Å². The molecule has 2 fully saturated rings. The molecule has 0 radical (unpaired) electrons. The van der Waals surface area contributed by atoms with Gasteiger partial charge >= 0.3 is 5.78 Å². The molecule has 74 heavy (non-hydrogen) atoms. The summed E-state index contributed by atoms with van der Waals surface area (Å²) in [6.45, 7) is 4.48. The summed E-state index contributed by atoms with van der Waals surface area (Å²) >= 11 is 0. The minimum Gasteiger partial charge on any atom is -0.508 e. The van der Waals surface area contributed by atoms with Gasteiger partial charge in [-0.3, -0.25) is 4.79 Å². The van der Waals surface area contributed by atoms with Crippen molar-refractivity contribution >= 4 is 17.7 Å². The third-order valence-corrected chi connectivity index (χ3v) is 15.9. The normalized spacial score (nSPS) is 20.1. The van der Waals surface area contributed by atoms with Crippen LogP contribution >= 0.6 is 0 Å². The molecule has 1 unspecified atom stereocenters. The van der Waals surface area contributed by atoms with E-state index < -0.39 is 12.2 Å². The van der Waals surface area contributed by atoms with Crippen molar-refractivity contribution in [1.29, 1.82) is 0 Å². The molecule has 5 aliphatic rings. The van der Waals surface area contributed by atoms with Gasteiger partial charge in [-0.15, -0.1) is 0 Å². The molecule has 1 saturated heterocycles. The molecule has 1 aromatic heterocycles. The number of anilines is 1. The van der Waals surface area contributed by atoms with Gasteiger partial charge in [0, 0.05) is 24.5 Å². The number of aryl methyl sites for hydroxylation is 2. The molecule has 1 aliphatic carbocycles. The zero-order valence-electron chi connectivity index (χ0n) is 42.8. The number of piperazine rings is 1. The Morgan fingerprint density at radius 2 is 1.74 bits per heavy atom. The van der Waals surface area contributed by atoms with Crippen molar-refractivity contribution in [3.63, 3.8) is 0 Å². The Kier molecular flexibility index (Phi) is 15.8. The van der Waals surface area contributed by atoms with Crippen LogP contribution in [-0.4, -0.2) is 89.7 Å². The number of ketones is 1. The van der Waals surface area contributed by atoms with Crippen LogP contribution in [-0.2, 0) is 37.7 Å². The molecule has 5 heterocycles. The second kappa shape index (κ2) is 22.9. The predicted octanol–water partition coefficient (Wildman–Crippen LogP) is 9.35. The number of benzene rings is 5. The molecule has 6 N–H and O–H groups in total. The lowest BCUT2D eigenvalue weighted by molar-refractivity contribution is 0.152. The number of hydrogen-bond donors (Lipinski definition) is 5. The minimum absolute atomic E-state index is 0.0378. The summed E-state index contributed by atoms with van der Waals surface area (Å²) < 4.78 is 26.9. The quantitative estimate of drug-likeness (QED) is 0.0785. The lowest BCUT2D eigenvalue weighted by atomic mass is 9.63. The number of methoxy groups -OCH3 is 1. The number of phenolic OH excluding ortho intramolecular Hbond substituents is 1. The van der Waals surface area contributed by atoms with Crippen molar-refractivity contribution in [3.05, 3.63) is 159 Å². The summed E-state index contributed by atoms with van der Waals surface area (Å²) in [5.74, 6) is 2.02. The Hall–Kier alpha value is -6.57. The molecule has 1 saturated carbocycles. The maximum Gasteiger partial charge on any atom is 0.335 e. The lowest BCUT2D eigenvalue weighted by Crippen LogP contribution is -2.61. The van der Waals surface area contributed by atoms with Crippen molar-refractivity contribution in [2.45, 2.75) is 108 Å². The topological polar surface area (TPSA) is 169 Å². The molecule has 1 spiro atoms. The minimum atomic E-state index is -0.826. The van der Waals surface area contributed by atoms with Crippen molar-refractivity contribution < 1.29 is 44.2 Å². The van der Waals surface area contributed by atoms with Crippen LogP contribution < -0.4 is 34.1 Å². The van der Waals surface area contributed by atoms with E-state index in [4.69, 9.17) is 23.9 Å². The maximum atomic E-state index is 12.2. The van der Waals surface area contributed by atoms with Crippen LogP contribution in [0, 0.1) is 5.92 Å². The average Bonchev–Trinajstić information content (AvgIpc) is 3.89. The van der Waals surface area contributed by atoms with Gasteiger partial charge < -0.3 is 54.6 Å². The number of aromatic nitrogens is 1. The molecule has 388 valence electrons. The second-order valence-corrected chi connectivity index (χ2v) is 20.6. The third-order valence-electron chi connectivity index (χ3n) is 15.9. The summed E-state index contributed by atoms with van der Waals surface area (Å²) in [4.78, 5) is 20.3. The second-order valence-electron chi connectivity index (χ2n) is 20.6. The standard InChI is InChI=1S/C62H70N3O9/c1-3-48-34-52-45-14-10-13-41(31-45)16-24-51-57-56(53(70)35-54(74-57)43-18-22-49(68)23-19-43)59(72-30-25-50(69)21-15-40-11-6-4-7-12-40)60(71-2)58(51)73-39-42(37-66)32-44-17-20-47(33-46(44)38-67)62(26-8-5-9-27-62)55-36-63-28-29-65(55)61(52)64-48/h4,6-7,10-15,17-23,31,33-34,42,50,54-55,63,66-69H,3,5,8-9,16,24-30,32,35-39H2,1-2H3/q-1/p+1/b21-15+/t42-,50-,54?,55+/m0/s1. The van der Waals surface area contributed by atoms with Gasteiger partial charge in [-0.05, 0) is 126 Å². The molecule has 12 heteroatoms. The number of aromatic hydroxyl groups is 1. The fourth-order valence-corrected chi connectivity index (χ4v) is 12.0. The number of aliphatic hydroxyl groups excluding tert-OH is 3. The monoisotopic (exact) mass is 1000 g/mol. The van der Waals surface area contributed by atoms with Crippen molar-refractivity contribution in [2.75, 3.05) is 51.5 Å². The van der Waals surface area contributed by atoms with Gasteiger partial charge in [0.15, 0.2) is 17.1 Å². The number of nitrogens with zero attached hydrogens (tertiary/aromatic N) is 2. The fourth-order valence-electron chi connectivity index (χ4n) is 12.0. The van der Waals surface area contributed by atoms with Crippen LogP contribution in [0.5, 0.6) is 28.7 Å². The molecule has 4 aliphatic heterocycles. The Balaban J connectivity index is 1.11. The summed E-state index contributed by atoms with van der Waals surface area (Å²) in [6, 6.07) is 34.3. The van der Waals surface area contributed by atoms with Crippen LogP contribution in [0.25, 0.3) is 17.2 Å². The van der Waals surface area contributed by atoms with E-state index in [1.807, 2.05) is 36.4 Å². The Morgan fingerprint density at radius 3 is 2.51 bits per heavy atom. The highest BCUT2D eigenvalue weighted by Crippen LogP contribution is 2.54. The first-order chi connectivity index (χ1) is 36.2. The molecule has 0 amide bonds. The summed E-state index contributed by atoms with van der Waals surface area (Å²) in [5.41, 5.74) is 9.93. The number of fused-ring (bicyclic) bond motifs is 7. The van der Waals surface area contributed by atoms with Crippen molar-refractivity contribution in [3.8, 4) is 39.9 Å². The smallest absolute Gasteiger partial charge is 0.335 e. The molecule has 4 bridgehead atoms. The van der Waals surface area contributed by atoms with E-state index in [1.165, 1.54) is 12.0 Å². The molecule has 4 atom stereocenters. The van der Waals surface area contributed by atoms with E-state index in [1.54, 1.807) is 37.5 Å². The molecular formula is C62H71N3O9. The van der Waals surface area contributed by atoms with Gasteiger partial charge in [-0.2, -0.15) is 0 Å². The number of carbonyl (C=O) groups excluding carboxylic acids is 1. The van der Waals surface area contributed by atoms with Crippen LogP contribution in [0.1, 0.15) is 108 Å². The van der Waals surface area contributed by atoms with Gasteiger partial charge in [0.25, 0.3) is 0 Å². The van der Waals surface area contributed by atoms with Crippen LogP contribution in [0.2, 0.25) is 0 Å². The molecule has 11 rings (SSSR count). The molecule has 12 nitrogen and oxygen atoms in total. The first kappa shape index (κ1) is 50.9. The highest BCUT2D eigenvalue weighted by molar-refractivity contribution is 6.05. The largest absolute Gasteiger partial charge is 0.508 e. The van der Waals surface area contributed by atoms with E-state index in [9.17, 15) is 25.2 Å².